The Kier molecular flexibility index (Phi) is 8.80. The molecule has 1 atom stereocenters. The molecule has 15 rings (SSSR count). The average Bonchev–Trinajstić information content (AvgIpc) is 4.01. The fourth-order valence-corrected chi connectivity index (χ4v) is 14.1. The summed E-state index contributed by atoms with van der Waals surface area (Å²) in [5.41, 5.74) is 10.8. The molecule has 1 aliphatic heterocycles. The largest absolute Gasteiger partial charge is 0.319 e. The molecule has 3 aliphatic rings. The van der Waals surface area contributed by atoms with E-state index in [4.69, 9.17) is 0 Å². The highest BCUT2D eigenvalue weighted by Gasteiger charge is 2.40. The van der Waals surface area contributed by atoms with E-state index in [2.05, 4.69) is 252 Å². The summed E-state index contributed by atoms with van der Waals surface area (Å²) < 4.78 is 7.77. The van der Waals surface area contributed by atoms with Gasteiger partial charge in [0.2, 0.25) is 17.1 Å². The molecule has 10 aromatic carbocycles. The molecule has 0 saturated carbocycles. The van der Waals surface area contributed by atoms with Crippen LogP contribution in [0.5, 0.6) is 0 Å². The third-order valence-electron chi connectivity index (χ3n) is 14.7. The Labute approximate surface area is 411 Å². The first-order valence-corrected chi connectivity index (χ1v) is 25.7. The number of anilines is 2. The van der Waals surface area contributed by atoms with Crippen molar-refractivity contribution in [3.05, 3.63) is 284 Å². The molecule has 1 unspecified atom stereocenters. The van der Waals surface area contributed by atoms with Gasteiger partial charge in [-0.05, 0) is 106 Å². The fraction of sp³-hybridized carbons (Fsp3) is 0.0152. The highest BCUT2D eigenvalue weighted by atomic mass is 32.1. The molecule has 3 heterocycles. The van der Waals surface area contributed by atoms with Gasteiger partial charge in [0.1, 0.15) is 11.7 Å². The van der Waals surface area contributed by atoms with Gasteiger partial charge in [0.25, 0.3) is 0 Å². The second-order valence-electron chi connectivity index (χ2n) is 18.5. The van der Waals surface area contributed by atoms with Crippen molar-refractivity contribution in [2.75, 3.05) is 4.90 Å². The average molecular weight is 926 g/mol. The number of hydrogen-bond donors (Lipinski definition) is 0. The van der Waals surface area contributed by atoms with E-state index < -0.39 is 0 Å². The Morgan fingerprint density at radius 2 is 0.886 bits per heavy atom. The Hall–Kier alpha value is -8.41. The molecular weight excluding hydrogens is 885 g/mol. The first-order chi connectivity index (χ1) is 34.7. The molecule has 0 N–H and O–H groups in total. The first kappa shape index (κ1) is 39.6. The van der Waals surface area contributed by atoms with Gasteiger partial charge in [-0.1, -0.05) is 176 Å². The van der Waals surface area contributed by atoms with E-state index in [1.54, 1.807) is 0 Å². The minimum atomic E-state index is -0.0279. The van der Waals surface area contributed by atoms with Gasteiger partial charge in [0.15, 0.2) is 0 Å². The fourth-order valence-electron chi connectivity index (χ4n) is 11.6. The van der Waals surface area contributed by atoms with Gasteiger partial charge in [-0.2, -0.15) is 4.58 Å². The molecule has 70 heavy (non-hydrogen) atoms. The number of hydrogen-bond acceptors (Lipinski definition) is 3. The SMILES string of the molecule is C1=CC2=[N+](c3ccccc3)c3cc4c(cc3N(c3ccccc3)C2C=C1)=c1cc(-c2cccc3c2sc2ccccc23)ccc1=c1ccc(-c2cccc3c2sc2ccccc23)cc1=c1ccccc1=4. The standard InChI is InChI=1S/C66H41N2S2/c1-3-17-43(18-4-1)67-59-29-11-12-30-60(59)68(44-19-5-2-6-20-44)62-40-58-56-38-42(46-26-16-28-54-52-24-10-14-32-64(52)70-66(46)54)34-36-50(56)49-35-33-41(37-55(49)47-21-7-8-22-48(47)57(58)39-61(62)67)45-25-15-27-53-51-23-9-13-31-63(51)69-65(45)53/h1-40,60H/q+1. The summed E-state index contributed by atoms with van der Waals surface area (Å²) in [6.07, 6.45) is 9.02. The number of fused-ring (bicyclic) bond motifs is 12. The van der Waals surface area contributed by atoms with E-state index in [-0.39, 0.29) is 6.04 Å². The molecule has 0 fully saturated rings. The lowest BCUT2D eigenvalue weighted by Crippen LogP contribution is -2.44. The molecule has 0 bridgehead atoms. The zero-order chi connectivity index (χ0) is 45.9. The van der Waals surface area contributed by atoms with Crippen molar-refractivity contribution in [2.24, 2.45) is 0 Å². The summed E-state index contributed by atoms with van der Waals surface area (Å²) >= 11 is 3.79. The van der Waals surface area contributed by atoms with Crippen LogP contribution in [0.1, 0.15) is 0 Å². The Morgan fingerprint density at radius 1 is 0.386 bits per heavy atom. The van der Waals surface area contributed by atoms with E-state index in [1.807, 2.05) is 22.7 Å². The molecule has 12 aromatic rings. The zero-order valence-electron chi connectivity index (χ0n) is 37.9. The van der Waals surface area contributed by atoms with Gasteiger partial charge >= 0.3 is 0 Å². The molecule has 0 amide bonds. The summed E-state index contributed by atoms with van der Waals surface area (Å²) in [6, 6.07) is 81.8. The van der Waals surface area contributed by atoms with Crippen LogP contribution < -0.4 is 9.48 Å². The second kappa shape index (κ2) is 15.6. The predicted molar refractivity (Wildman–Crippen MR) is 297 cm³/mol. The third kappa shape index (κ3) is 5.94. The lowest BCUT2D eigenvalue weighted by atomic mass is 9.93. The Bertz CT molecular complexity index is 4720. The van der Waals surface area contributed by atoms with Gasteiger partial charge in [-0.25, -0.2) is 0 Å². The highest BCUT2D eigenvalue weighted by molar-refractivity contribution is 7.26. The van der Waals surface area contributed by atoms with E-state index in [9.17, 15) is 0 Å². The molecule has 4 heteroatoms. The molecule has 2 nitrogen and oxygen atoms in total. The van der Waals surface area contributed by atoms with E-state index >= 15 is 0 Å². The molecular formula is C66H41N2S2+. The van der Waals surface area contributed by atoms with Crippen LogP contribution in [0.2, 0.25) is 0 Å². The van der Waals surface area contributed by atoms with Crippen LogP contribution in [0.15, 0.2) is 243 Å². The maximum absolute atomic E-state index is 2.55. The number of benzene rings is 10. The maximum atomic E-state index is 2.55. The lowest BCUT2D eigenvalue weighted by molar-refractivity contribution is 0.894. The maximum Gasteiger partial charge on any atom is 0.235 e. The smallest absolute Gasteiger partial charge is 0.235 e. The number of para-hydroxylation sites is 2. The minimum Gasteiger partial charge on any atom is -0.319 e. The van der Waals surface area contributed by atoms with Crippen LogP contribution in [-0.2, 0) is 0 Å². The predicted octanol–water partition coefficient (Wildman–Crippen LogP) is 17.1. The van der Waals surface area contributed by atoms with Crippen LogP contribution in [0.25, 0.3) is 62.6 Å². The topological polar surface area (TPSA) is 6.25 Å². The van der Waals surface area contributed by atoms with Crippen LogP contribution in [0.4, 0.5) is 22.7 Å². The number of allylic oxidation sites excluding steroid dienone is 2. The van der Waals surface area contributed by atoms with E-state index in [0.717, 1.165) is 22.7 Å². The summed E-state index contributed by atoms with van der Waals surface area (Å²) in [5, 5.41) is 15.0. The summed E-state index contributed by atoms with van der Waals surface area (Å²) in [5.74, 6) is 0. The van der Waals surface area contributed by atoms with Crippen LogP contribution in [0.3, 0.4) is 0 Å². The van der Waals surface area contributed by atoms with Crippen molar-refractivity contribution in [1.29, 1.82) is 0 Å². The van der Waals surface area contributed by atoms with Crippen LogP contribution in [-0.4, -0.2) is 11.8 Å². The summed E-state index contributed by atoms with van der Waals surface area (Å²) in [6.45, 7) is 0. The molecule has 2 aromatic heterocycles. The van der Waals surface area contributed by atoms with Crippen molar-refractivity contribution in [2.45, 2.75) is 6.04 Å². The Balaban J connectivity index is 1.14. The van der Waals surface area contributed by atoms with Gasteiger partial charge in [0.05, 0.1) is 0 Å². The van der Waals surface area contributed by atoms with E-state index in [1.165, 1.54) is 110 Å². The van der Waals surface area contributed by atoms with Gasteiger partial charge in [-0.15, -0.1) is 22.7 Å². The monoisotopic (exact) mass is 925 g/mol. The van der Waals surface area contributed by atoms with Crippen LogP contribution >= 0.6 is 22.7 Å². The molecule has 0 spiro atoms. The molecule has 2 aliphatic carbocycles. The molecule has 0 radical (unpaired) electrons. The summed E-state index contributed by atoms with van der Waals surface area (Å²) in [7, 11) is 0. The zero-order valence-corrected chi connectivity index (χ0v) is 39.5. The quantitative estimate of drug-likeness (QED) is 0.159. The van der Waals surface area contributed by atoms with Crippen molar-refractivity contribution in [3.8, 4) is 22.3 Å². The lowest BCUT2D eigenvalue weighted by Gasteiger charge is -2.35. The van der Waals surface area contributed by atoms with Crippen molar-refractivity contribution < 1.29 is 0 Å². The number of rotatable bonds is 4. The Morgan fingerprint density at radius 3 is 1.51 bits per heavy atom. The molecule has 326 valence electrons. The number of nitrogens with zero attached hydrogens (tertiary/aromatic N) is 2. The van der Waals surface area contributed by atoms with Crippen LogP contribution in [0, 0.1) is 41.7 Å². The summed E-state index contributed by atoms with van der Waals surface area (Å²) in [4.78, 5) is 2.55. The second-order valence-corrected chi connectivity index (χ2v) is 20.6. The highest BCUT2D eigenvalue weighted by Crippen LogP contribution is 2.45. The van der Waals surface area contributed by atoms with E-state index in [0.29, 0.717) is 0 Å². The first-order valence-electron chi connectivity index (χ1n) is 24.0. The normalized spacial score (nSPS) is 14.5. The van der Waals surface area contributed by atoms with Gasteiger partial charge in [0, 0.05) is 70.3 Å². The third-order valence-corrected chi connectivity index (χ3v) is 17.2. The van der Waals surface area contributed by atoms with Crippen molar-refractivity contribution in [3.63, 3.8) is 0 Å². The number of thiophene rings is 2. The van der Waals surface area contributed by atoms with Gasteiger partial charge < -0.3 is 4.90 Å². The van der Waals surface area contributed by atoms with Gasteiger partial charge in [-0.3, -0.25) is 0 Å². The van der Waals surface area contributed by atoms with Crippen molar-refractivity contribution >= 4 is 91.5 Å². The van der Waals surface area contributed by atoms with Crippen molar-refractivity contribution in [1.82, 2.24) is 4.58 Å². The molecule has 0 saturated heterocycles. The minimum absolute atomic E-state index is 0.0279.